The van der Waals surface area contributed by atoms with Crippen LogP contribution in [0.5, 0.6) is 11.5 Å². The predicted molar refractivity (Wildman–Crippen MR) is 100 cm³/mol. The normalized spacial score (nSPS) is 11.3. The van der Waals surface area contributed by atoms with Gasteiger partial charge in [-0.05, 0) is 35.7 Å². The summed E-state index contributed by atoms with van der Waals surface area (Å²) >= 11 is 12.4. The minimum atomic E-state index is -0.959. The number of oxazole rings is 1. The van der Waals surface area contributed by atoms with Crippen LogP contribution in [0.2, 0.25) is 10.0 Å². The summed E-state index contributed by atoms with van der Waals surface area (Å²) in [6, 6.07) is 8.35. The monoisotopic (exact) mass is 393 g/mol. The van der Waals surface area contributed by atoms with Crippen molar-refractivity contribution in [2.75, 3.05) is 0 Å². The highest BCUT2D eigenvalue weighted by Gasteiger charge is 2.14. The number of nitrogens with zero attached hydrogens (tertiary/aromatic N) is 1. The van der Waals surface area contributed by atoms with E-state index in [1.54, 1.807) is 18.2 Å². The summed E-state index contributed by atoms with van der Waals surface area (Å²) in [6.07, 6.45) is 0.593. The number of rotatable bonds is 6. The number of carboxylic acid groups (broad SMARTS) is 1. The van der Waals surface area contributed by atoms with Crippen LogP contribution in [-0.2, 0) is 17.6 Å². The molecule has 0 saturated carbocycles. The van der Waals surface area contributed by atoms with E-state index < -0.39 is 5.97 Å². The summed E-state index contributed by atoms with van der Waals surface area (Å²) in [5, 5.41) is 9.36. The number of fused-ring (bicyclic) bond motifs is 1. The van der Waals surface area contributed by atoms with E-state index in [1.807, 2.05) is 0 Å². The van der Waals surface area contributed by atoms with Crippen molar-refractivity contribution in [2.45, 2.75) is 26.7 Å². The van der Waals surface area contributed by atoms with Crippen molar-refractivity contribution in [3.05, 3.63) is 51.8 Å². The van der Waals surface area contributed by atoms with Gasteiger partial charge in [0, 0.05) is 12.5 Å². The van der Waals surface area contributed by atoms with Crippen LogP contribution in [0.15, 0.2) is 34.7 Å². The average molecular weight is 394 g/mol. The lowest BCUT2D eigenvalue weighted by Crippen LogP contribution is -2.00. The standard InChI is InChI=1S/C19H17Cl2NO4/c1-10(2)5-17-22-15-4-3-12(9-16(15)26-17)25-19-13(20)6-11(7-14(19)21)8-18(23)24/h3-4,6-7,9-10H,5,8H2,1-2H3,(H,23,24). The molecule has 0 saturated heterocycles. The van der Waals surface area contributed by atoms with Crippen LogP contribution >= 0.6 is 23.2 Å². The van der Waals surface area contributed by atoms with Gasteiger partial charge in [-0.1, -0.05) is 37.0 Å². The largest absolute Gasteiger partial charge is 0.481 e. The van der Waals surface area contributed by atoms with Crippen LogP contribution in [0, 0.1) is 5.92 Å². The molecule has 7 heteroatoms. The Kier molecular flexibility index (Phi) is 5.39. The van der Waals surface area contributed by atoms with Gasteiger partial charge in [0.15, 0.2) is 17.2 Å². The molecule has 0 bridgehead atoms. The third-order valence-corrected chi connectivity index (χ3v) is 4.18. The van der Waals surface area contributed by atoms with Crippen molar-refractivity contribution in [1.82, 2.24) is 4.98 Å². The molecule has 0 amide bonds. The summed E-state index contributed by atoms with van der Waals surface area (Å²) < 4.78 is 11.6. The van der Waals surface area contributed by atoms with Crippen LogP contribution in [0.3, 0.4) is 0 Å². The van der Waals surface area contributed by atoms with Gasteiger partial charge in [-0.2, -0.15) is 0 Å². The maximum Gasteiger partial charge on any atom is 0.307 e. The highest BCUT2D eigenvalue weighted by atomic mass is 35.5. The van der Waals surface area contributed by atoms with Gasteiger partial charge in [0.25, 0.3) is 0 Å². The Morgan fingerprint density at radius 3 is 2.54 bits per heavy atom. The van der Waals surface area contributed by atoms with Crippen molar-refractivity contribution < 1.29 is 19.1 Å². The molecule has 5 nitrogen and oxygen atoms in total. The molecule has 0 radical (unpaired) electrons. The molecule has 0 aliphatic heterocycles. The zero-order chi connectivity index (χ0) is 18.8. The van der Waals surface area contributed by atoms with E-state index in [0.717, 1.165) is 11.9 Å². The van der Waals surface area contributed by atoms with Crippen molar-refractivity contribution >= 4 is 40.3 Å². The van der Waals surface area contributed by atoms with E-state index in [0.29, 0.717) is 28.7 Å². The van der Waals surface area contributed by atoms with E-state index in [4.69, 9.17) is 37.5 Å². The van der Waals surface area contributed by atoms with Gasteiger partial charge in [0.2, 0.25) is 0 Å². The molecular formula is C19H17Cl2NO4. The van der Waals surface area contributed by atoms with Crippen LogP contribution in [0.25, 0.3) is 11.1 Å². The molecule has 0 atom stereocenters. The predicted octanol–water partition coefficient (Wildman–Crippen LogP) is 5.75. The van der Waals surface area contributed by atoms with Gasteiger partial charge in [0.1, 0.15) is 11.3 Å². The number of benzene rings is 2. The molecule has 2 aromatic carbocycles. The number of aromatic nitrogens is 1. The third kappa shape index (κ3) is 4.29. The lowest BCUT2D eigenvalue weighted by Gasteiger charge is -2.11. The Hall–Kier alpha value is -2.24. The molecule has 0 unspecified atom stereocenters. The van der Waals surface area contributed by atoms with E-state index in [1.165, 1.54) is 12.1 Å². The first kappa shape index (κ1) is 18.5. The maximum absolute atomic E-state index is 10.8. The van der Waals surface area contributed by atoms with Gasteiger partial charge in [-0.15, -0.1) is 0 Å². The highest BCUT2D eigenvalue weighted by Crippen LogP contribution is 2.38. The molecule has 0 spiro atoms. The van der Waals surface area contributed by atoms with Gasteiger partial charge in [-0.3, -0.25) is 4.79 Å². The molecule has 1 aromatic heterocycles. The Labute approximate surface area is 160 Å². The third-order valence-electron chi connectivity index (χ3n) is 3.62. The minimum Gasteiger partial charge on any atom is -0.481 e. The first-order valence-corrected chi connectivity index (χ1v) is 8.84. The Morgan fingerprint density at radius 2 is 1.92 bits per heavy atom. The Morgan fingerprint density at radius 1 is 1.23 bits per heavy atom. The zero-order valence-corrected chi connectivity index (χ0v) is 15.8. The first-order chi connectivity index (χ1) is 12.3. The van der Waals surface area contributed by atoms with Gasteiger partial charge in [0.05, 0.1) is 16.5 Å². The SMILES string of the molecule is CC(C)Cc1nc2ccc(Oc3c(Cl)cc(CC(=O)O)cc3Cl)cc2o1. The zero-order valence-electron chi connectivity index (χ0n) is 14.3. The maximum atomic E-state index is 10.8. The fraction of sp³-hybridized carbons (Fsp3) is 0.263. The van der Waals surface area contributed by atoms with Gasteiger partial charge < -0.3 is 14.3 Å². The lowest BCUT2D eigenvalue weighted by molar-refractivity contribution is -0.136. The van der Waals surface area contributed by atoms with Crippen LogP contribution in [0.4, 0.5) is 0 Å². The molecule has 1 N–H and O–H groups in total. The molecule has 0 aliphatic carbocycles. The number of ether oxygens (including phenoxy) is 1. The second-order valence-electron chi connectivity index (χ2n) is 6.40. The number of carbonyl (C=O) groups is 1. The molecule has 3 aromatic rings. The summed E-state index contributed by atoms with van der Waals surface area (Å²) in [7, 11) is 0. The molecule has 0 fully saturated rings. The number of halogens is 2. The van der Waals surface area contributed by atoms with Crippen molar-refractivity contribution in [3.8, 4) is 11.5 Å². The molecule has 136 valence electrons. The van der Waals surface area contributed by atoms with Crippen molar-refractivity contribution in [2.24, 2.45) is 5.92 Å². The highest BCUT2D eigenvalue weighted by molar-refractivity contribution is 6.37. The topological polar surface area (TPSA) is 72.6 Å². The minimum absolute atomic E-state index is 0.164. The van der Waals surface area contributed by atoms with E-state index in [2.05, 4.69) is 18.8 Å². The molecule has 0 aliphatic rings. The van der Waals surface area contributed by atoms with Crippen molar-refractivity contribution in [3.63, 3.8) is 0 Å². The van der Waals surface area contributed by atoms with Gasteiger partial charge >= 0.3 is 5.97 Å². The van der Waals surface area contributed by atoms with E-state index in [9.17, 15) is 4.79 Å². The lowest BCUT2D eigenvalue weighted by atomic mass is 10.1. The number of hydrogen-bond donors (Lipinski definition) is 1. The van der Waals surface area contributed by atoms with E-state index >= 15 is 0 Å². The second-order valence-corrected chi connectivity index (χ2v) is 7.21. The number of hydrogen-bond acceptors (Lipinski definition) is 4. The fourth-order valence-electron chi connectivity index (χ4n) is 2.56. The van der Waals surface area contributed by atoms with E-state index in [-0.39, 0.29) is 22.2 Å². The molecule has 1 heterocycles. The summed E-state index contributed by atoms with van der Waals surface area (Å²) in [6.45, 7) is 4.20. The summed E-state index contributed by atoms with van der Waals surface area (Å²) in [4.78, 5) is 15.3. The second kappa shape index (κ2) is 7.56. The quantitative estimate of drug-likeness (QED) is 0.576. The molecular weight excluding hydrogens is 377 g/mol. The number of carboxylic acids is 1. The molecule has 3 rings (SSSR count). The Bertz CT molecular complexity index is 942. The smallest absolute Gasteiger partial charge is 0.307 e. The van der Waals surface area contributed by atoms with Crippen LogP contribution in [0.1, 0.15) is 25.3 Å². The summed E-state index contributed by atoms with van der Waals surface area (Å²) in [5.74, 6) is 0.934. The number of aliphatic carboxylic acids is 1. The molecule has 26 heavy (non-hydrogen) atoms. The first-order valence-electron chi connectivity index (χ1n) is 8.09. The van der Waals surface area contributed by atoms with Crippen LogP contribution in [-0.4, -0.2) is 16.1 Å². The Balaban J connectivity index is 1.87. The van der Waals surface area contributed by atoms with Crippen LogP contribution < -0.4 is 4.74 Å². The average Bonchev–Trinajstić information content (AvgIpc) is 2.90. The van der Waals surface area contributed by atoms with Crippen molar-refractivity contribution in [1.29, 1.82) is 0 Å². The fourth-order valence-corrected chi connectivity index (χ4v) is 3.17. The summed E-state index contributed by atoms with van der Waals surface area (Å²) in [5.41, 5.74) is 1.87. The van der Waals surface area contributed by atoms with Gasteiger partial charge in [-0.25, -0.2) is 4.98 Å².